The number of carbonyl (C=O) groups excluding carboxylic acids is 1. The first-order chi connectivity index (χ1) is 14.9. The molecular formula is C24H26BrClN4O. The van der Waals surface area contributed by atoms with Gasteiger partial charge in [0.15, 0.2) is 0 Å². The summed E-state index contributed by atoms with van der Waals surface area (Å²) in [6.07, 6.45) is 0. The van der Waals surface area contributed by atoms with Crippen LogP contribution in [0.15, 0.2) is 53.0 Å². The van der Waals surface area contributed by atoms with Gasteiger partial charge in [0.25, 0.3) is 5.91 Å². The average Bonchev–Trinajstić information content (AvgIpc) is 3.02. The minimum atomic E-state index is 0.0984. The molecule has 0 atom stereocenters. The molecule has 0 bridgehead atoms. The van der Waals surface area contributed by atoms with Crippen LogP contribution in [-0.4, -0.2) is 51.7 Å². The quantitative estimate of drug-likeness (QED) is 0.498. The molecule has 0 unspecified atom stereocenters. The first-order valence-corrected chi connectivity index (χ1v) is 11.6. The van der Waals surface area contributed by atoms with Gasteiger partial charge in [-0.25, -0.2) is 0 Å². The molecule has 1 aliphatic heterocycles. The van der Waals surface area contributed by atoms with Gasteiger partial charge in [-0.05, 0) is 43.2 Å². The molecule has 1 saturated heterocycles. The fourth-order valence-corrected chi connectivity index (χ4v) is 4.46. The lowest BCUT2D eigenvalue weighted by Crippen LogP contribution is -2.48. The molecule has 0 saturated carbocycles. The molecule has 5 nitrogen and oxygen atoms in total. The van der Waals surface area contributed by atoms with Gasteiger partial charge in [0.2, 0.25) is 0 Å². The summed E-state index contributed by atoms with van der Waals surface area (Å²) in [5.74, 6) is 0.0984. The highest BCUT2D eigenvalue weighted by Gasteiger charge is 2.22. The summed E-state index contributed by atoms with van der Waals surface area (Å²) in [4.78, 5) is 17.3. The van der Waals surface area contributed by atoms with Crippen molar-refractivity contribution in [2.75, 3.05) is 26.2 Å². The average molecular weight is 502 g/mol. The lowest BCUT2D eigenvalue weighted by molar-refractivity contribution is 0.0628. The highest BCUT2D eigenvalue weighted by molar-refractivity contribution is 9.10. The molecule has 0 spiro atoms. The predicted molar refractivity (Wildman–Crippen MR) is 128 cm³/mol. The number of amides is 1. The van der Waals surface area contributed by atoms with Crippen LogP contribution < -0.4 is 0 Å². The molecule has 0 aliphatic carbocycles. The molecule has 162 valence electrons. The summed E-state index contributed by atoms with van der Waals surface area (Å²) in [7, 11) is 0. The zero-order valence-corrected chi connectivity index (χ0v) is 20.2. The van der Waals surface area contributed by atoms with Crippen molar-refractivity contribution in [2.24, 2.45) is 0 Å². The van der Waals surface area contributed by atoms with Crippen molar-refractivity contribution in [3.05, 3.63) is 86.1 Å². The van der Waals surface area contributed by atoms with E-state index in [-0.39, 0.29) is 5.91 Å². The van der Waals surface area contributed by atoms with Gasteiger partial charge >= 0.3 is 0 Å². The number of aromatic nitrogens is 2. The van der Waals surface area contributed by atoms with Gasteiger partial charge in [-0.3, -0.25) is 14.4 Å². The maximum atomic E-state index is 13.0. The Morgan fingerprint density at radius 1 is 1.00 bits per heavy atom. The van der Waals surface area contributed by atoms with Crippen molar-refractivity contribution >= 4 is 33.4 Å². The first-order valence-electron chi connectivity index (χ1n) is 10.5. The summed E-state index contributed by atoms with van der Waals surface area (Å²) in [5.41, 5.74) is 4.90. The Hall–Kier alpha value is -2.15. The van der Waals surface area contributed by atoms with E-state index < -0.39 is 0 Å². The number of hydrogen-bond acceptors (Lipinski definition) is 3. The summed E-state index contributed by atoms with van der Waals surface area (Å²) in [6.45, 7) is 8.66. The largest absolute Gasteiger partial charge is 0.336 e. The molecule has 1 fully saturated rings. The number of nitrogens with zero attached hydrogens (tertiary/aromatic N) is 4. The molecule has 4 rings (SSSR count). The van der Waals surface area contributed by atoms with E-state index in [4.69, 9.17) is 11.6 Å². The van der Waals surface area contributed by atoms with E-state index >= 15 is 0 Å². The Balaban J connectivity index is 1.33. The first kappa shape index (κ1) is 22.1. The van der Waals surface area contributed by atoms with Crippen molar-refractivity contribution < 1.29 is 4.79 Å². The standard InChI is InChI=1S/C24H26BrClN4O/c1-17-23(26)18(2)30(27-17)15-19-7-9-20(10-8-19)24(31)29-13-11-28(12-14-29)16-21-5-3-4-6-22(21)25/h3-10H,11-16H2,1-2H3. The lowest BCUT2D eigenvalue weighted by Gasteiger charge is -2.35. The van der Waals surface area contributed by atoms with Crippen LogP contribution in [0, 0.1) is 13.8 Å². The van der Waals surface area contributed by atoms with Crippen LogP contribution in [0.5, 0.6) is 0 Å². The van der Waals surface area contributed by atoms with Crippen LogP contribution in [0.3, 0.4) is 0 Å². The van der Waals surface area contributed by atoms with E-state index in [9.17, 15) is 4.79 Å². The van der Waals surface area contributed by atoms with Gasteiger partial charge in [0.1, 0.15) is 0 Å². The number of halogens is 2. The Morgan fingerprint density at radius 3 is 2.29 bits per heavy atom. The van der Waals surface area contributed by atoms with Gasteiger partial charge in [0, 0.05) is 42.8 Å². The van der Waals surface area contributed by atoms with Crippen LogP contribution in [0.2, 0.25) is 5.02 Å². The summed E-state index contributed by atoms with van der Waals surface area (Å²) in [5, 5.41) is 5.19. The van der Waals surface area contributed by atoms with E-state index in [0.29, 0.717) is 11.6 Å². The third-order valence-corrected chi connectivity index (χ3v) is 7.16. The molecule has 7 heteroatoms. The Bertz CT molecular complexity index is 1070. The van der Waals surface area contributed by atoms with Crippen molar-refractivity contribution in [1.82, 2.24) is 19.6 Å². The number of piperazine rings is 1. The molecule has 1 aliphatic rings. The van der Waals surface area contributed by atoms with Crippen LogP contribution in [0.1, 0.15) is 32.9 Å². The van der Waals surface area contributed by atoms with E-state index in [2.05, 4.69) is 44.1 Å². The van der Waals surface area contributed by atoms with Crippen LogP contribution >= 0.6 is 27.5 Å². The van der Waals surface area contributed by atoms with Gasteiger partial charge in [0.05, 0.1) is 23.0 Å². The zero-order valence-electron chi connectivity index (χ0n) is 17.8. The van der Waals surface area contributed by atoms with E-state index in [1.165, 1.54) is 5.56 Å². The number of aryl methyl sites for hydroxylation is 1. The highest BCUT2D eigenvalue weighted by Crippen LogP contribution is 2.21. The van der Waals surface area contributed by atoms with Gasteiger partial charge < -0.3 is 4.90 Å². The van der Waals surface area contributed by atoms with E-state index in [1.807, 2.05) is 53.8 Å². The van der Waals surface area contributed by atoms with Gasteiger partial charge in [-0.1, -0.05) is 57.9 Å². The molecule has 1 aromatic heterocycles. The third kappa shape index (κ3) is 5.03. The second kappa shape index (κ2) is 9.55. The van der Waals surface area contributed by atoms with Crippen molar-refractivity contribution in [3.63, 3.8) is 0 Å². The lowest BCUT2D eigenvalue weighted by atomic mass is 10.1. The molecule has 0 N–H and O–H groups in total. The topological polar surface area (TPSA) is 41.4 Å². The Labute approximate surface area is 196 Å². The maximum absolute atomic E-state index is 13.0. The van der Waals surface area contributed by atoms with Crippen LogP contribution in [0.4, 0.5) is 0 Å². The zero-order chi connectivity index (χ0) is 22.0. The molecule has 31 heavy (non-hydrogen) atoms. The summed E-state index contributed by atoms with van der Waals surface area (Å²) in [6, 6.07) is 16.1. The number of benzene rings is 2. The molecule has 0 radical (unpaired) electrons. The summed E-state index contributed by atoms with van der Waals surface area (Å²) < 4.78 is 3.04. The van der Waals surface area contributed by atoms with Crippen molar-refractivity contribution in [2.45, 2.75) is 26.9 Å². The van der Waals surface area contributed by atoms with Crippen LogP contribution in [-0.2, 0) is 13.1 Å². The highest BCUT2D eigenvalue weighted by atomic mass is 79.9. The normalized spacial score (nSPS) is 14.8. The molecular weight excluding hydrogens is 476 g/mol. The summed E-state index contributed by atoms with van der Waals surface area (Å²) >= 11 is 9.86. The van der Waals surface area contributed by atoms with Crippen LogP contribution in [0.25, 0.3) is 0 Å². The number of hydrogen-bond donors (Lipinski definition) is 0. The fourth-order valence-electron chi connectivity index (χ4n) is 3.91. The fraction of sp³-hybridized carbons (Fsp3) is 0.333. The third-order valence-electron chi connectivity index (χ3n) is 5.84. The van der Waals surface area contributed by atoms with Crippen molar-refractivity contribution in [1.29, 1.82) is 0 Å². The smallest absolute Gasteiger partial charge is 0.253 e. The molecule has 2 heterocycles. The molecule has 2 aromatic carbocycles. The van der Waals surface area contributed by atoms with Gasteiger partial charge in [-0.15, -0.1) is 0 Å². The SMILES string of the molecule is Cc1nn(Cc2ccc(C(=O)N3CCN(Cc4ccccc4Br)CC3)cc2)c(C)c1Cl. The monoisotopic (exact) mass is 500 g/mol. The molecule has 3 aromatic rings. The Morgan fingerprint density at radius 2 is 1.68 bits per heavy atom. The number of rotatable bonds is 5. The predicted octanol–water partition coefficient (Wildman–Crippen LogP) is 4.92. The van der Waals surface area contributed by atoms with E-state index in [0.717, 1.165) is 59.7 Å². The molecule has 1 amide bonds. The Kier molecular flexibility index (Phi) is 6.80. The van der Waals surface area contributed by atoms with Gasteiger partial charge in [-0.2, -0.15) is 5.10 Å². The minimum Gasteiger partial charge on any atom is -0.336 e. The van der Waals surface area contributed by atoms with Crippen molar-refractivity contribution in [3.8, 4) is 0 Å². The second-order valence-corrected chi connectivity index (χ2v) is 9.23. The second-order valence-electron chi connectivity index (χ2n) is 8.00. The maximum Gasteiger partial charge on any atom is 0.253 e. The minimum absolute atomic E-state index is 0.0984. The van der Waals surface area contributed by atoms with E-state index in [1.54, 1.807) is 0 Å². The number of carbonyl (C=O) groups is 1.